The maximum atomic E-state index is 10.7. The molecule has 0 unspecified atom stereocenters. The van der Waals surface area contributed by atoms with E-state index in [1.54, 1.807) is 6.07 Å². The summed E-state index contributed by atoms with van der Waals surface area (Å²) in [4.78, 5) is 10.1. The number of aromatic nitrogens is 4. The molecule has 0 saturated carbocycles. The topological polar surface area (TPSA) is 55.9 Å². The van der Waals surface area contributed by atoms with Crippen LogP contribution in [0.25, 0.3) is 66.7 Å². The minimum atomic E-state index is -0.125. The molecule has 218 valence electrons. The molecular formula is C40H32N4O. The summed E-state index contributed by atoms with van der Waals surface area (Å²) in [5.41, 5.74) is 8.72. The lowest BCUT2D eigenvalue weighted by atomic mass is 9.87. The van der Waals surface area contributed by atoms with Gasteiger partial charge in [-0.3, -0.25) is 9.55 Å². The van der Waals surface area contributed by atoms with E-state index in [1.807, 2.05) is 30.5 Å². The summed E-state index contributed by atoms with van der Waals surface area (Å²) in [5, 5.41) is 14.2. The van der Waals surface area contributed by atoms with E-state index in [1.165, 1.54) is 10.9 Å². The molecule has 0 fully saturated rings. The van der Waals surface area contributed by atoms with E-state index in [-0.39, 0.29) is 11.2 Å². The predicted octanol–water partition coefficient (Wildman–Crippen LogP) is 9.85. The zero-order valence-electron chi connectivity index (χ0n) is 25.4. The number of pyridine rings is 2. The minimum Gasteiger partial charge on any atom is -0.507 e. The second kappa shape index (κ2) is 10.2. The molecular weight excluding hydrogens is 552 g/mol. The van der Waals surface area contributed by atoms with Crippen LogP contribution in [-0.2, 0) is 5.41 Å². The number of phenolic OH excluding ortho intramolecular Hbond substituents is 1. The SMILES string of the molecule is CC(C)(C)c1cc(-c2cc(-n3ccc4ccccc43)ccn2)nc(-n2c3ccccc3c3ccc(-c4ccccc4O)cc32)c1. The van der Waals surface area contributed by atoms with Crippen molar-refractivity contribution in [1.29, 1.82) is 0 Å². The number of rotatable bonds is 4. The average Bonchev–Trinajstić information content (AvgIpc) is 3.64. The number of nitrogens with zero attached hydrogens (tertiary/aromatic N) is 4. The largest absolute Gasteiger partial charge is 0.507 e. The number of para-hydroxylation sites is 3. The van der Waals surface area contributed by atoms with Gasteiger partial charge in [0.1, 0.15) is 11.6 Å². The third kappa shape index (κ3) is 4.56. The first-order chi connectivity index (χ1) is 21.8. The third-order valence-corrected chi connectivity index (χ3v) is 8.68. The van der Waals surface area contributed by atoms with Crippen LogP contribution in [0, 0.1) is 0 Å². The summed E-state index contributed by atoms with van der Waals surface area (Å²) in [5.74, 6) is 1.09. The van der Waals surface area contributed by atoms with Crippen LogP contribution in [0.3, 0.4) is 0 Å². The minimum absolute atomic E-state index is 0.125. The second-order valence-corrected chi connectivity index (χ2v) is 12.6. The lowest BCUT2D eigenvalue weighted by molar-refractivity contribution is 0.477. The molecule has 0 amide bonds. The van der Waals surface area contributed by atoms with Crippen molar-refractivity contribution in [3.05, 3.63) is 139 Å². The van der Waals surface area contributed by atoms with Gasteiger partial charge in [0, 0.05) is 34.4 Å². The second-order valence-electron chi connectivity index (χ2n) is 12.6. The summed E-state index contributed by atoms with van der Waals surface area (Å²) >= 11 is 0. The van der Waals surface area contributed by atoms with Gasteiger partial charge in [-0.15, -0.1) is 0 Å². The van der Waals surface area contributed by atoms with Gasteiger partial charge >= 0.3 is 0 Å². The van der Waals surface area contributed by atoms with E-state index in [0.29, 0.717) is 0 Å². The van der Waals surface area contributed by atoms with Crippen molar-refractivity contribution in [3.8, 4) is 39.8 Å². The van der Waals surface area contributed by atoms with Gasteiger partial charge in [0.05, 0.1) is 27.9 Å². The molecule has 4 aromatic carbocycles. The lowest BCUT2D eigenvalue weighted by Crippen LogP contribution is -2.13. The molecule has 0 saturated heterocycles. The van der Waals surface area contributed by atoms with E-state index in [2.05, 4.69) is 127 Å². The Balaban J connectivity index is 1.36. The molecule has 0 bridgehead atoms. The highest BCUT2D eigenvalue weighted by molar-refractivity contribution is 6.10. The fraction of sp³-hybridized carbons (Fsp3) is 0.100. The summed E-state index contributed by atoms with van der Waals surface area (Å²) in [7, 11) is 0. The molecule has 0 aliphatic carbocycles. The average molecular weight is 585 g/mol. The summed E-state index contributed by atoms with van der Waals surface area (Å²) in [6.45, 7) is 6.69. The molecule has 5 heteroatoms. The Labute approximate surface area is 261 Å². The Bertz CT molecular complexity index is 2390. The van der Waals surface area contributed by atoms with E-state index in [4.69, 9.17) is 9.97 Å². The van der Waals surface area contributed by atoms with Crippen LogP contribution < -0.4 is 0 Å². The van der Waals surface area contributed by atoms with Crippen molar-refractivity contribution in [3.63, 3.8) is 0 Å². The number of aromatic hydroxyl groups is 1. The Morgan fingerprint density at radius 2 is 1.40 bits per heavy atom. The maximum Gasteiger partial charge on any atom is 0.138 e. The van der Waals surface area contributed by atoms with Gasteiger partial charge < -0.3 is 9.67 Å². The standard InChI is InChI=1S/C40H32N4O/c1-40(2,3)28-23-34(33-25-29(18-20-41-33)43-21-19-26-10-4-7-13-35(26)43)42-39(24-28)44-36-14-8-5-12-31(36)32-17-16-27(22-37(32)44)30-11-6-9-15-38(30)45/h4-25,45H,1-3H3. The fourth-order valence-electron chi connectivity index (χ4n) is 6.31. The van der Waals surface area contributed by atoms with Crippen LogP contribution in [0.2, 0.25) is 0 Å². The van der Waals surface area contributed by atoms with Crippen molar-refractivity contribution in [2.75, 3.05) is 0 Å². The van der Waals surface area contributed by atoms with E-state index >= 15 is 0 Å². The van der Waals surface area contributed by atoms with Gasteiger partial charge in [-0.1, -0.05) is 87.5 Å². The zero-order valence-corrected chi connectivity index (χ0v) is 25.4. The highest BCUT2D eigenvalue weighted by Crippen LogP contribution is 2.38. The molecule has 0 radical (unpaired) electrons. The van der Waals surface area contributed by atoms with Crippen LogP contribution in [0.15, 0.2) is 134 Å². The van der Waals surface area contributed by atoms with Crippen LogP contribution in [-0.4, -0.2) is 24.2 Å². The molecule has 45 heavy (non-hydrogen) atoms. The normalized spacial score (nSPS) is 12.0. The Morgan fingerprint density at radius 1 is 0.644 bits per heavy atom. The monoisotopic (exact) mass is 584 g/mol. The van der Waals surface area contributed by atoms with Crippen molar-refractivity contribution in [1.82, 2.24) is 19.1 Å². The quantitative estimate of drug-likeness (QED) is 0.224. The molecule has 4 heterocycles. The molecule has 0 spiro atoms. The van der Waals surface area contributed by atoms with Crippen molar-refractivity contribution >= 4 is 32.7 Å². The molecule has 0 atom stereocenters. The zero-order chi connectivity index (χ0) is 30.7. The van der Waals surface area contributed by atoms with Gasteiger partial charge in [0.2, 0.25) is 0 Å². The van der Waals surface area contributed by atoms with Crippen molar-refractivity contribution in [2.24, 2.45) is 0 Å². The number of benzene rings is 4. The number of fused-ring (bicyclic) bond motifs is 4. The first-order valence-corrected chi connectivity index (χ1v) is 15.2. The lowest BCUT2D eigenvalue weighted by Gasteiger charge is -2.21. The van der Waals surface area contributed by atoms with Crippen molar-refractivity contribution < 1.29 is 5.11 Å². The maximum absolute atomic E-state index is 10.7. The van der Waals surface area contributed by atoms with Crippen molar-refractivity contribution in [2.45, 2.75) is 26.2 Å². The summed E-state index contributed by atoms with van der Waals surface area (Å²) < 4.78 is 4.44. The van der Waals surface area contributed by atoms with Gasteiger partial charge in [-0.05, 0) is 76.5 Å². The predicted molar refractivity (Wildman–Crippen MR) is 184 cm³/mol. The first kappa shape index (κ1) is 26.9. The van der Waals surface area contributed by atoms with E-state index in [9.17, 15) is 5.11 Å². The van der Waals surface area contributed by atoms with Crippen LogP contribution in [0.5, 0.6) is 5.75 Å². The molecule has 4 aromatic heterocycles. The summed E-state index contributed by atoms with van der Waals surface area (Å²) in [6.07, 6.45) is 3.97. The van der Waals surface area contributed by atoms with Crippen LogP contribution >= 0.6 is 0 Å². The third-order valence-electron chi connectivity index (χ3n) is 8.68. The number of phenols is 1. The van der Waals surface area contributed by atoms with Gasteiger partial charge in [-0.2, -0.15) is 0 Å². The highest BCUT2D eigenvalue weighted by Gasteiger charge is 2.21. The first-order valence-electron chi connectivity index (χ1n) is 15.2. The number of hydrogen-bond acceptors (Lipinski definition) is 3. The van der Waals surface area contributed by atoms with Crippen LogP contribution in [0.1, 0.15) is 26.3 Å². The fourth-order valence-corrected chi connectivity index (χ4v) is 6.31. The van der Waals surface area contributed by atoms with Gasteiger partial charge in [-0.25, -0.2) is 4.98 Å². The van der Waals surface area contributed by atoms with E-state index in [0.717, 1.165) is 61.3 Å². The Hall–Kier alpha value is -5.68. The highest BCUT2D eigenvalue weighted by atomic mass is 16.3. The smallest absolute Gasteiger partial charge is 0.138 e. The van der Waals surface area contributed by atoms with Crippen LogP contribution in [0.4, 0.5) is 0 Å². The molecule has 1 N–H and O–H groups in total. The van der Waals surface area contributed by atoms with E-state index < -0.39 is 0 Å². The molecule has 5 nitrogen and oxygen atoms in total. The molecule has 0 aliphatic heterocycles. The number of hydrogen-bond donors (Lipinski definition) is 1. The molecule has 0 aliphatic rings. The Morgan fingerprint density at radius 3 is 2.24 bits per heavy atom. The molecule has 8 rings (SSSR count). The van der Waals surface area contributed by atoms with Gasteiger partial charge in [0.25, 0.3) is 0 Å². The van der Waals surface area contributed by atoms with Gasteiger partial charge in [0.15, 0.2) is 0 Å². The summed E-state index contributed by atoms with van der Waals surface area (Å²) in [6, 6.07) is 41.4. The Kier molecular flexibility index (Phi) is 6.10. The molecule has 8 aromatic rings.